The number of unbranched alkanes of at least 4 members (excludes halogenated alkanes) is 2. The van der Waals surface area contributed by atoms with Gasteiger partial charge in [-0.2, -0.15) is 0 Å². The summed E-state index contributed by atoms with van der Waals surface area (Å²) in [6, 6.07) is 13.5. The Morgan fingerprint density at radius 2 is 1.32 bits per heavy atom. The number of hydrogen-bond acceptors (Lipinski definition) is 25. The minimum atomic E-state index is -1.10. The average molecular weight is 1440 g/mol. The van der Waals surface area contributed by atoms with E-state index in [2.05, 4.69) is 77.8 Å². The number of phenolic OH excluding ortho intramolecular Hbond substituents is 1. The highest BCUT2D eigenvalue weighted by atomic mass is 16.6. The first-order valence-corrected chi connectivity index (χ1v) is 33.2. The van der Waals surface area contributed by atoms with Crippen LogP contribution in [0.15, 0.2) is 82.0 Å². The van der Waals surface area contributed by atoms with Gasteiger partial charge in [0.15, 0.2) is 0 Å². The van der Waals surface area contributed by atoms with Crippen LogP contribution in [0.2, 0.25) is 0 Å². The second kappa shape index (κ2) is 57.0. The lowest BCUT2D eigenvalue weighted by Gasteiger charge is -2.34. The maximum Gasteiger partial charge on any atom is 0.407 e. The molecule has 23 N–H and O–H groups in total. The van der Waals surface area contributed by atoms with Crippen LogP contribution in [0.25, 0.3) is 16.5 Å². The summed E-state index contributed by atoms with van der Waals surface area (Å²) in [4.78, 5) is 136. The number of carbonyl (C=O) groups is 9. The van der Waals surface area contributed by atoms with Crippen LogP contribution in [0.1, 0.15) is 114 Å². The first-order chi connectivity index (χ1) is 49.2. The predicted molar refractivity (Wildman–Crippen MR) is 394 cm³/mol. The Bertz CT molecular complexity index is 3260. The van der Waals surface area contributed by atoms with Gasteiger partial charge in [0.1, 0.15) is 71.8 Å². The SMILES string of the molecule is CC(=O)CC1=CCOc2cc(O)ccc21.CN.CN.CN.CN.CN.CN.CN.CN.CNC(=O)NCCCC[C@@H]1NC(=O)[C@@H]2CCCN2C1=O.CNC(=O)NCCCC[C@H](NC(=O)OCC(C)c1ccccc1[N+](=O)[O-])C(=O)N1CCC[C@H]1C(=O)Oc1ccc2c(CC(C)=O)cc(=O)oc2c1. The van der Waals surface area contributed by atoms with Crippen LogP contribution in [0.5, 0.6) is 17.2 Å². The predicted octanol–water partition coefficient (Wildman–Crippen LogP) is 2.05. The normalized spacial score (nSPS) is 15.0. The summed E-state index contributed by atoms with van der Waals surface area (Å²) in [5.74, 6) is -0.866. The zero-order valence-electron chi connectivity index (χ0n) is 61.5. The Hall–Kier alpha value is -9.68. The van der Waals surface area contributed by atoms with Gasteiger partial charge in [0.2, 0.25) is 17.7 Å². The number of nitrogens with zero attached hydrogens (tertiary/aromatic N) is 3. The zero-order chi connectivity index (χ0) is 78.5. The number of benzene rings is 3. The summed E-state index contributed by atoms with van der Waals surface area (Å²) in [5, 5.41) is 37.0. The summed E-state index contributed by atoms with van der Waals surface area (Å²) < 4.78 is 21.7. The molecule has 34 nitrogen and oxygen atoms in total. The quantitative estimate of drug-likeness (QED) is 0.0134. The van der Waals surface area contributed by atoms with Crippen molar-refractivity contribution in [1.29, 1.82) is 0 Å². The third-order valence-electron chi connectivity index (χ3n) is 14.6. The third-order valence-corrected chi connectivity index (χ3v) is 14.6. The number of rotatable bonds is 22. The average Bonchev–Trinajstić information content (AvgIpc) is 1.34. The molecule has 102 heavy (non-hydrogen) atoms. The number of phenols is 1. The maximum atomic E-state index is 13.9. The molecule has 8 rings (SSSR count). The number of carbonyl (C=O) groups excluding carboxylic acids is 9. The van der Waals surface area contributed by atoms with E-state index in [1.54, 1.807) is 62.2 Å². The highest BCUT2D eigenvalue weighted by Gasteiger charge is 2.43. The molecule has 574 valence electrons. The molecular weight excluding hydrogens is 1330 g/mol. The number of amides is 8. The lowest BCUT2D eigenvalue weighted by Crippen LogP contribution is -2.61. The van der Waals surface area contributed by atoms with Gasteiger partial charge in [-0.15, -0.1) is 0 Å². The number of piperazine rings is 1. The fraction of sp³-hybridized carbons (Fsp3) is 0.529. The topological polar surface area (TPSA) is 562 Å². The molecule has 3 fully saturated rings. The number of hydrogen-bond donors (Lipinski definition) is 15. The van der Waals surface area contributed by atoms with E-state index >= 15 is 0 Å². The number of esters is 1. The summed E-state index contributed by atoms with van der Waals surface area (Å²) >= 11 is 0. The van der Waals surface area contributed by atoms with Gasteiger partial charge < -0.3 is 111 Å². The number of urea groups is 2. The fourth-order valence-electron chi connectivity index (χ4n) is 10.4. The number of ketones is 2. The molecule has 0 bridgehead atoms. The summed E-state index contributed by atoms with van der Waals surface area (Å²) in [6.07, 6.45) is 7.19. The number of fused-ring (bicyclic) bond motifs is 3. The van der Waals surface area contributed by atoms with Crippen LogP contribution in [0.3, 0.4) is 0 Å². The van der Waals surface area contributed by atoms with E-state index < -0.39 is 52.6 Å². The van der Waals surface area contributed by atoms with Crippen LogP contribution < -0.4 is 92.9 Å². The Balaban J connectivity index is -0.00000156. The molecule has 5 atom stereocenters. The molecule has 5 heterocycles. The highest BCUT2D eigenvalue weighted by Crippen LogP contribution is 2.35. The standard InChI is InChI=1S/C35H41N5O11.C13H22N4O3.C12H12O3.8CH5N/c1-21(25-9-4-5-11-28(25)40(47)48)20-49-35(46)38-27(10-6-7-15-37-34(45)36-3)32(43)39-16-8-12-29(39)33(44)50-24-13-14-26-23(17-22(2)41)18-31(42)51-30(26)19-24;1-14-13(20)15-7-3-2-5-9-12(19)17-8-4-6-10(17)11(18)16-9;1-8(13)6-9-4-5-15-12-7-10(14)2-3-11(9)12;8*1-2/h4-5,9,11,13-14,18-19,21,27,29H,6-8,10,12,15-17,20H2,1-3H3,(H,38,46)(H2,36,37,45);9-10H,2-8H2,1H3,(H,16,18)(H2,14,15,20);2-4,7,14H,5-6H2,1H3;8*2H2,1H3/t21?,27-,29-;9-,10-;;;;;;;;;/m00........./s1. The van der Waals surface area contributed by atoms with Gasteiger partial charge in [-0.25, -0.2) is 24.0 Å². The third kappa shape index (κ3) is 33.7. The minimum absolute atomic E-state index is 0.0180. The minimum Gasteiger partial charge on any atom is -0.508 e. The van der Waals surface area contributed by atoms with Crippen molar-refractivity contribution in [1.82, 2.24) is 41.7 Å². The van der Waals surface area contributed by atoms with Crippen molar-refractivity contribution < 1.29 is 71.8 Å². The number of nitrogens with one attached hydrogen (secondary N) is 6. The van der Waals surface area contributed by atoms with Crippen molar-refractivity contribution in [2.75, 3.05) is 110 Å². The summed E-state index contributed by atoms with van der Waals surface area (Å²) in [5.41, 5.74) is 38.1. The van der Waals surface area contributed by atoms with Crippen molar-refractivity contribution in [2.45, 2.75) is 128 Å². The second-order valence-electron chi connectivity index (χ2n) is 21.1. The number of alkyl carbamates (subject to hydrolysis) is 1. The molecule has 4 aromatic rings. The smallest absolute Gasteiger partial charge is 0.407 e. The lowest BCUT2D eigenvalue weighted by molar-refractivity contribution is -0.385. The molecule has 1 unspecified atom stereocenters. The Labute approximate surface area is 597 Å². The lowest BCUT2D eigenvalue weighted by atomic mass is 9.98. The Morgan fingerprint density at radius 1 is 0.735 bits per heavy atom. The van der Waals surface area contributed by atoms with E-state index in [0.717, 1.165) is 36.8 Å². The number of Topliss-reactive ketones (excluding diaryl/α,β-unsaturated/α-hetero) is 2. The van der Waals surface area contributed by atoms with E-state index in [1.807, 2.05) is 6.08 Å². The van der Waals surface area contributed by atoms with E-state index in [-0.39, 0.29) is 90.2 Å². The molecule has 3 aromatic carbocycles. The van der Waals surface area contributed by atoms with Gasteiger partial charge in [0, 0.05) is 99.8 Å². The molecule has 0 spiro atoms. The summed E-state index contributed by atoms with van der Waals surface area (Å²) in [6.45, 7) is 6.71. The maximum absolute atomic E-state index is 13.9. The zero-order valence-corrected chi connectivity index (χ0v) is 61.5. The van der Waals surface area contributed by atoms with E-state index in [4.69, 9.17) is 18.6 Å². The van der Waals surface area contributed by atoms with Gasteiger partial charge >= 0.3 is 29.8 Å². The molecular formula is C68H115N17O17. The summed E-state index contributed by atoms with van der Waals surface area (Å²) in [7, 11) is 15.1. The van der Waals surface area contributed by atoms with Crippen LogP contribution in [0, 0.1) is 10.1 Å². The molecule has 0 radical (unpaired) electrons. The molecule has 4 aliphatic heterocycles. The number of nitrogens with two attached hydrogens (primary N) is 8. The highest BCUT2D eigenvalue weighted by molar-refractivity contribution is 5.97. The van der Waals surface area contributed by atoms with Crippen molar-refractivity contribution in [2.24, 2.45) is 45.9 Å². The number of para-hydroxylation sites is 1. The Kier molecular flexibility index (Phi) is 53.9. The van der Waals surface area contributed by atoms with Crippen molar-refractivity contribution in [3.05, 3.63) is 110 Å². The molecule has 1 aromatic heterocycles. The van der Waals surface area contributed by atoms with E-state index in [9.17, 15) is 63.2 Å². The van der Waals surface area contributed by atoms with Gasteiger partial charge in [0.25, 0.3) is 5.69 Å². The Morgan fingerprint density at radius 3 is 1.91 bits per heavy atom. The number of allylic oxidation sites excluding steroid dienone is 1. The molecule has 4 aliphatic rings. The van der Waals surface area contributed by atoms with Crippen molar-refractivity contribution in [3.8, 4) is 17.2 Å². The largest absolute Gasteiger partial charge is 0.508 e. The van der Waals surface area contributed by atoms with E-state index in [0.29, 0.717) is 87.0 Å². The van der Waals surface area contributed by atoms with Gasteiger partial charge in [-0.3, -0.25) is 34.1 Å². The number of nitro benzene ring substituents is 1. The molecule has 0 aliphatic carbocycles. The first-order valence-electron chi connectivity index (χ1n) is 33.2. The monoisotopic (exact) mass is 1440 g/mol. The van der Waals surface area contributed by atoms with E-state index in [1.165, 1.54) is 106 Å². The molecule has 3 saturated heterocycles. The number of aromatic hydroxyl groups is 1. The van der Waals surface area contributed by atoms with Gasteiger partial charge in [-0.05, 0) is 176 Å². The van der Waals surface area contributed by atoms with Crippen LogP contribution >= 0.6 is 0 Å². The molecule has 0 saturated carbocycles. The van der Waals surface area contributed by atoms with Crippen LogP contribution in [-0.2, 0) is 39.9 Å². The molecule has 8 amide bonds. The number of likely N-dealkylation sites (tertiary alicyclic amines) is 1. The number of nitro groups is 1. The number of ether oxygens (including phenoxy) is 3. The second-order valence-corrected chi connectivity index (χ2v) is 21.1. The van der Waals surface area contributed by atoms with Crippen LogP contribution in [0.4, 0.5) is 20.1 Å². The molecule has 34 heteroatoms. The van der Waals surface area contributed by atoms with Crippen LogP contribution in [-0.4, -0.2) is 207 Å². The van der Waals surface area contributed by atoms with Gasteiger partial charge in [-0.1, -0.05) is 25.1 Å². The van der Waals surface area contributed by atoms with Crippen molar-refractivity contribution >= 4 is 75.6 Å². The van der Waals surface area contributed by atoms with Crippen molar-refractivity contribution in [3.63, 3.8) is 0 Å². The fourth-order valence-corrected chi connectivity index (χ4v) is 10.4. The first kappa shape index (κ1) is 96.5. The van der Waals surface area contributed by atoms with Gasteiger partial charge in [0.05, 0.1) is 4.92 Å².